The first-order chi connectivity index (χ1) is 9.85. The van der Waals surface area contributed by atoms with Gasteiger partial charge in [-0.15, -0.1) is 0 Å². The molecule has 0 bridgehead atoms. The first-order valence-corrected chi connectivity index (χ1v) is 7.46. The number of aromatic nitrogens is 1. The lowest BCUT2D eigenvalue weighted by atomic mass is 10.0. The molecule has 2 aromatic rings. The minimum atomic E-state index is 0.411. The molecule has 20 heavy (non-hydrogen) atoms. The van der Waals surface area contributed by atoms with Gasteiger partial charge in [0.25, 0.3) is 0 Å². The summed E-state index contributed by atoms with van der Waals surface area (Å²) in [6.45, 7) is 3.06. The second-order valence-electron chi connectivity index (χ2n) is 5.41. The van der Waals surface area contributed by atoms with Crippen LogP contribution in [0.1, 0.15) is 26.2 Å². The summed E-state index contributed by atoms with van der Waals surface area (Å²) in [6, 6.07) is 13.2. The Bertz CT molecular complexity index is 536. The summed E-state index contributed by atoms with van der Waals surface area (Å²) in [7, 11) is 0. The van der Waals surface area contributed by atoms with Gasteiger partial charge >= 0.3 is 0 Å². The quantitative estimate of drug-likeness (QED) is 0.913. The Morgan fingerprint density at radius 3 is 2.90 bits per heavy atom. The predicted molar refractivity (Wildman–Crippen MR) is 82.4 cm³/mol. The Hall–Kier alpha value is -1.74. The molecular weight excluding hydrogens is 248 g/mol. The highest BCUT2D eigenvalue weighted by Crippen LogP contribution is 2.22. The monoisotopic (exact) mass is 270 g/mol. The molecule has 2 heterocycles. The number of ether oxygens (including phenoxy) is 1. The molecule has 0 amide bonds. The SMILES string of the molecule is CCC1CC(Nc2cccc(-n3cccc3)c2)CCO1. The van der Waals surface area contributed by atoms with Crippen LogP contribution in [-0.2, 0) is 4.74 Å². The molecule has 3 nitrogen and oxygen atoms in total. The summed E-state index contributed by atoms with van der Waals surface area (Å²) >= 11 is 0. The highest BCUT2D eigenvalue weighted by atomic mass is 16.5. The minimum absolute atomic E-state index is 0.411. The summed E-state index contributed by atoms with van der Waals surface area (Å²) in [5.74, 6) is 0. The average Bonchev–Trinajstić information content (AvgIpc) is 3.02. The van der Waals surface area contributed by atoms with E-state index in [9.17, 15) is 0 Å². The molecule has 106 valence electrons. The normalized spacial score (nSPS) is 22.6. The van der Waals surface area contributed by atoms with E-state index in [0.717, 1.165) is 25.9 Å². The van der Waals surface area contributed by atoms with E-state index in [4.69, 9.17) is 4.74 Å². The topological polar surface area (TPSA) is 26.2 Å². The third-order valence-electron chi connectivity index (χ3n) is 3.94. The third kappa shape index (κ3) is 3.05. The van der Waals surface area contributed by atoms with Crippen molar-refractivity contribution in [3.63, 3.8) is 0 Å². The average molecular weight is 270 g/mol. The van der Waals surface area contributed by atoms with Crippen LogP contribution < -0.4 is 5.32 Å². The number of hydrogen-bond acceptors (Lipinski definition) is 2. The fourth-order valence-corrected chi connectivity index (χ4v) is 2.79. The zero-order chi connectivity index (χ0) is 13.8. The zero-order valence-corrected chi connectivity index (χ0v) is 12.0. The standard InChI is InChI=1S/C17H22N2O/c1-2-17-13-15(8-11-20-17)18-14-6-5-7-16(12-14)19-9-3-4-10-19/h3-7,9-10,12,15,17-18H,2,8,11,13H2,1H3. The van der Waals surface area contributed by atoms with Crippen molar-refractivity contribution < 1.29 is 4.74 Å². The molecule has 3 rings (SSSR count). The summed E-state index contributed by atoms with van der Waals surface area (Å²) in [5, 5.41) is 3.65. The van der Waals surface area contributed by atoms with E-state index in [1.54, 1.807) is 0 Å². The van der Waals surface area contributed by atoms with Gasteiger partial charge in [0.2, 0.25) is 0 Å². The molecule has 1 aliphatic heterocycles. The molecule has 1 fully saturated rings. The number of anilines is 1. The van der Waals surface area contributed by atoms with E-state index in [0.29, 0.717) is 12.1 Å². The lowest BCUT2D eigenvalue weighted by molar-refractivity contribution is 0.00926. The molecule has 0 radical (unpaired) electrons. The van der Waals surface area contributed by atoms with Crippen LogP contribution in [-0.4, -0.2) is 23.3 Å². The molecule has 1 saturated heterocycles. The minimum Gasteiger partial charge on any atom is -0.382 e. The van der Waals surface area contributed by atoms with Crippen molar-refractivity contribution in [1.29, 1.82) is 0 Å². The van der Waals surface area contributed by atoms with Crippen LogP contribution in [0.5, 0.6) is 0 Å². The molecule has 1 aromatic carbocycles. The third-order valence-corrected chi connectivity index (χ3v) is 3.94. The largest absolute Gasteiger partial charge is 0.382 e. The first-order valence-electron chi connectivity index (χ1n) is 7.46. The highest BCUT2D eigenvalue weighted by Gasteiger charge is 2.20. The number of rotatable bonds is 4. The van der Waals surface area contributed by atoms with E-state index in [1.165, 1.54) is 11.4 Å². The zero-order valence-electron chi connectivity index (χ0n) is 12.0. The van der Waals surface area contributed by atoms with Gasteiger partial charge < -0.3 is 14.6 Å². The van der Waals surface area contributed by atoms with Gasteiger partial charge in [0.05, 0.1) is 6.10 Å². The predicted octanol–water partition coefficient (Wildman–Crippen LogP) is 3.85. The van der Waals surface area contributed by atoms with Crippen LogP contribution >= 0.6 is 0 Å². The maximum Gasteiger partial charge on any atom is 0.0592 e. The van der Waals surface area contributed by atoms with Gasteiger partial charge in [0.15, 0.2) is 0 Å². The lowest BCUT2D eigenvalue weighted by Gasteiger charge is -2.30. The number of benzene rings is 1. The summed E-state index contributed by atoms with van der Waals surface area (Å²) < 4.78 is 7.86. The fourth-order valence-electron chi connectivity index (χ4n) is 2.79. The Balaban J connectivity index is 1.70. The van der Waals surface area contributed by atoms with Crippen molar-refractivity contribution in [3.05, 3.63) is 48.8 Å². The number of nitrogens with zero attached hydrogens (tertiary/aromatic N) is 1. The van der Waals surface area contributed by atoms with Gasteiger partial charge in [-0.3, -0.25) is 0 Å². The van der Waals surface area contributed by atoms with E-state index in [1.807, 2.05) is 12.1 Å². The van der Waals surface area contributed by atoms with Crippen LogP contribution in [0.4, 0.5) is 5.69 Å². The molecule has 2 unspecified atom stereocenters. The van der Waals surface area contributed by atoms with E-state index in [2.05, 4.69) is 53.5 Å². The maximum absolute atomic E-state index is 5.73. The molecular formula is C17H22N2O. The van der Waals surface area contributed by atoms with E-state index < -0.39 is 0 Å². The van der Waals surface area contributed by atoms with Gasteiger partial charge in [-0.2, -0.15) is 0 Å². The maximum atomic E-state index is 5.73. The van der Waals surface area contributed by atoms with E-state index in [-0.39, 0.29) is 0 Å². The van der Waals surface area contributed by atoms with Crippen LogP contribution in [0.2, 0.25) is 0 Å². The summed E-state index contributed by atoms with van der Waals surface area (Å²) in [5.41, 5.74) is 2.39. The number of hydrogen-bond donors (Lipinski definition) is 1. The van der Waals surface area contributed by atoms with Crippen molar-refractivity contribution >= 4 is 5.69 Å². The van der Waals surface area contributed by atoms with Crippen LogP contribution in [0.25, 0.3) is 5.69 Å². The molecule has 3 heteroatoms. The molecule has 2 atom stereocenters. The molecule has 1 aromatic heterocycles. The smallest absolute Gasteiger partial charge is 0.0592 e. The van der Waals surface area contributed by atoms with E-state index >= 15 is 0 Å². The Labute approximate surface area is 120 Å². The number of nitrogens with one attached hydrogen (secondary N) is 1. The van der Waals surface area contributed by atoms with Gasteiger partial charge in [-0.25, -0.2) is 0 Å². The Kier molecular flexibility index (Phi) is 4.07. The second kappa shape index (κ2) is 6.14. The summed E-state index contributed by atoms with van der Waals surface area (Å²) in [6.07, 6.45) is 7.84. The fraction of sp³-hybridized carbons (Fsp3) is 0.412. The Morgan fingerprint density at radius 1 is 1.25 bits per heavy atom. The first kappa shape index (κ1) is 13.3. The molecule has 0 spiro atoms. The van der Waals surface area contributed by atoms with Crippen molar-refractivity contribution in [3.8, 4) is 5.69 Å². The molecule has 0 aliphatic carbocycles. The summed E-state index contributed by atoms with van der Waals surface area (Å²) in [4.78, 5) is 0. The highest BCUT2D eigenvalue weighted by molar-refractivity contribution is 5.51. The lowest BCUT2D eigenvalue weighted by Crippen LogP contribution is -2.33. The Morgan fingerprint density at radius 2 is 2.10 bits per heavy atom. The second-order valence-corrected chi connectivity index (χ2v) is 5.41. The van der Waals surface area contributed by atoms with Crippen molar-refractivity contribution in [1.82, 2.24) is 4.57 Å². The van der Waals surface area contributed by atoms with Crippen LogP contribution in [0.15, 0.2) is 48.8 Å². The molecule has 1 aliphatic rings. The van der Waals surface area contributed by atoms with Gasteiger partial charge in [-0.1, -0.05) is 13.0 Å². The molecule has 0 saturated carbocycles. The van der Waals surface area contributed by atoms with Crippen LogP contribution in [0, 0.1) is 0 Å². The van der Waals surface area contributed by atoms with Crippen molar-refractivity contribution in [2.75, 3.05) is 11.9 Å². The van der Waals surface area contributed by atoms with Crippen molar-refractivity contribution in [2.45, 2.75) is 38.3 Å². The van der Waals surface area contributed by atoms with Gasteiger partial charge in [0, 0.05) is 36.4 Å². The van der Waals surface area contributed by atoms with Crippen LogP contribution in [0.3, 0.4) is 0 Å². The van der Waals surface area contributed by atoms with Gasteiger partial charge in [-0.05, 0) is 49.6 Å². The van der Waals surface area contributed by atoms with Gasteiger partial charge in [0.1, 0.15) is 0 Å². The molecule has 1 N–H and O–H groups in total. The van der Waals surface area contributed by atoms with Crippen molar-refractivity contribution in [2.24, 2.45) is 0 Å².